The number of ether oxygens (including phenoxy) is 1. The van der Waals surface area contributed by atoms with E-state index in [1.54, 1.807) is 19.5 Å². The van der Waals surface area contributed by atoms with Crippen molar-refractivity contribution in [2.45, 2.75) is 13.0 Å². The van der Waals surface area contributed by atoms with E-state index in [1.807, 2.05) is 48.7 Å². The number of nitrogens with one attached hydrogen (secondary N) is 2. The molecule has 0 aliphatic rings. The summed E-state index contributed by atoms with van der Waals surface area (Å²) < 4.78 is 5.21. The fourth-order valence-corrected chi connectivity index (χ4v) is 3.03. The number of nitrogens with zero attached hydrogens (tertiary/aromatic N) is 2. The molecule has 8 heteroatoms. The fourth-order valence-electron chi connectivity index (χ4n) is 2.31. The molecular formula is C18H20N4O2S2. The highest BCUT2D eigenvalue weighted by molar-refractivity contribution is 7.59. The molecule has 2 amide bonds. The van der Waals surface area contributed by atoms with Crippen molar-refractivity contribution >= 4 is 36.0 Å². The summed E-state index contributed by atoms with van der Waals surface area (Å²) in [6.07, 6.45) is 3.43. The highest BCUT2D eigenvalue weighted by atomic mass is 32.1. The number of pyridine rings is 1. The average molecular weight is 389 g/mol. The molecule has 0 spiro atoms. The minimum absolute atomic E-state index is 0. The third kappa shape index (κ3) is 4.96. The summed E-state index contributed by atoms with van der Waals surface area (Å²) in [6.45, 7) is 1.92. The van der Waals surface area contributed by atoms with Crippen LogP contribution in [0.15, 0.2) is 54.2 Å². The molecule has 2 N–H and O–H groups in total. The van der Waals surface area contributed by atoms with Gasteiger partial charge in [-0.15, -0.1) is 11.3 Å². The van der Waals surface area contributed by atoms with Crippen LogP contribution in [-0.4, -0.2) is 23.1 Å². The van der Waals surface area contributed by atoms with Gasteiger partial charge in [0, 0.05) is 23.3 Å². The number of thiazole rings is 1. The van der Waals surface area contributed by atoms with E-state index in [4.69, 9.17) is 4.74 Å². The predicted octanol–water partition coefficient (Wildman–Crippen LogP) is 4.21. The second-order valence-electron chi connectivity index (χ2n) is 5.37. The molecule has 0 unspecified atom stereocenters. The van der Waals surface area contributed by atoms with Crippen LogP contribution in [0, 0.1) is 0 Å². The number of methoxy groups -OCH3 is 1. The van der Waals surface area contributed by atoms with Crippen molar-refractivity contribution in [1.29, 1.82) is 0 Å². The van der Waals surface area contributed by atoms with Crippen molar-refractivity contribution in [3.63, 3.8) is 0 Å². The first kappa shape index (κ1) is 19.7. The zero-order chi connectivity index (χ0) is 17.6. The SMILES string of the molecule is COc1cccc([C@H](C)NC(=O)Nc2nc(-c3ccncc3)cs2)c1.S. The Morgan fingerprint density at radius 2 is 2.00 bits per heavy atom. The number of hydrogen-bond acceptors (Lipinski definition) is 5. The maximum atomic E-state index is 12.2. The number of hydrogen-bond donors (Lipinski definition) is 2. The highest BCUT2D eigenvalue weighted by Gasteiger charge is 2.12. The lowest BCUT2D eigenvalue weighted by Crippen LogP contribution is -2.31. The molecule has 0 aliphatic heterocycles. The minimum atomic E-state index is -0.300. The quantitative estimate of drug-likeness (QED) is 0.686. The van der Waals surface area contributed by atoms with Crippen molar-refractivity contribution in [1.82, 2.24) is 15.3 Å². The topological polar surface area (TPSA) is 76.1 Å². The van der Waals surface area contributed by atoms with Gasteiger partial charge in [0.2, 0.25) is 0 Å². The van der Waals surface area contributed by atoms with E-state index in [-0.39, 0.29) is 25.6 Å². The van der Waals surface area contributed by atoms with Crippen molar-refractivity contribution in [3.05, 3.63) is 59.7 Å². The maximum Gasteiger partial charge on any atom is 0.321 e. The van der Waals surface area contributed by atoms with E-state index in [0.29, 0.717) is 5.13 Å². The van der Waals surface area contributed by atoms with E-state index in [1.165, 1.54) is 11.3 Å². The van der Waals surface area contributed by atoms with Crippen LogP contribution < -0.4 is 15.4 Å². The summed E-state index contributed by atoms with van der Waals surface area (Å²) in [4.78, 5) is 20.6. The van der Waals surface area contributed by atoms with Gasteiger partial charge >= 0.3 is 6.03 Å². The fraction of sp³-hybridized carbons (Fsp3) is 0.167. The summed E-state index contributed by atoms with van der Waals surface area (Å²) in [5, 5.41) is 8.11. The van der Waals surface area contributed by atoms with Gasteiger partial charge in [0.15, 0.2) is 5.13 Å². The number of benzene rings is 1. The standard InChI is InChI=1S/C18H18N4O2S.H2S/c1-12(14-4-3-5-15(10-14)24-2)20-17(23)22-18-21-16(11-25-18)13-6-8-19-9-7-13;/h3-12H,1-2H3,(H2,20,21,22,23);1H2/t12-;/m0./s1. The first-order valence-corrected chi connectivity index (χ1v) is 8.61. The molecule has 3 rings (SSSR count). The normalized spacial score (nSPS) is 11.2. The smallest absolute Gasteiger partial charge is 0.321 e. The summed E-state index contributed by atoms with van der Waals surface area (Å²) in [7, 11) is 1.62. The molecule has 1 atom stereocenters. The molecule has 0 fully saturated rings. The molecule has 2 heterocycles. The third-order valence-electron chi connectivity index (χ3n) is 3.64. The van der Waals surface area contributed by atoms with Gasteiger partial charge in [0.25, 0.3) is 0 Å². The van der Waals surface area contributed by atoms with Crippen LogP contribution in [0.25, 0.3) is 11.3 Å². The van der Waals surface area contributed by atoms with E-state index < -0.39 is 0 Å². The number of amides is 2. The molecule has 0 bridgehead atoms. The number of carbonyl (C=O) groups excluding carboxylic acids is 1. The van der Waals surface area contributed by atoms with Crippen LogP contribution in [0.1, 0.15) is 18.5 Å². The Morgan fingerprint density at radius 1 is 1.23 bits per heavy atom. The lowest BCUT2D eigenvalue weighted by Gasteiger charge is -2.15. The first-order chi connectivity index (χ1) is 12.2. The largest absolute Gasteiger partial charge is 0.497 e. The number of carbonyl (C=O) groups is 1. The van der Waals surface area contributed by atoms with Gasteiger partial charge < -0.3 is 10.1 Å². The average Bonchev–Trinajstić information content (AvgIpc) is 3.10. The predicted molar refractivity (Wildman–Crippen MR) is 109 cm³/mol. The minimum Gasteiger partial charge on any atom is -0.497 e. The maximum absolute atomic E-state index is 12.2. The number of urea groups is 1. The van der Waals surface area contributed by atoms with Crippen LogP contribution in [0.2, 0.25) is 0 Å². The van der Waals surface area contributed by atoms with Gasteiger partial charge in [-0.2, -0.15) is 13.5 Å². The van der Waals surface area contributed by atoms with Crippen LogP contribution in [0.4, 0.5) is 9.93 Å². The Kier molecular flexibility index (Phi) is 6.99. The van der Waals surface area contributed by atoms with Crippen LogP contribution in [0.5, 0.6) is 5.75 Å². The summed E-state index contributed by atoms with van der Waals surface area (Å²) in [5.41, 5.74) is 2.74. The lowest BCUT2D eigenvalue weighted by atomic mass is 10.1. The lowest BCUT2D eigenvalue weighted by molar-refractivity contribution is 0.249. The van der Waals surface area contributed by atoms with Crippen molar-refractivity contribution in [2.75, 3.05) is 12.4 Å². The molecule has 6 nitrogen and oxygen atoms in total. The van der Waals surface area contributed by atoms with E-state index in [0.717, 1.165) is 22.6 Å². The molecule has 0 saturated carbocycles. The second kappa shape index (κ2) is 9.21. The van der Waals surface area contributed by atoms with Crippen molar-refractivity contribution in [2.24, 2.45) is 0 Å². The molecule has 0 radical (unpaired) electrons. The molecule has 136 valence electrons. The second-order valence-corrected chi connectivity index (χ2v) is 6.23. The molecule has 0 aliphatic carbocycles. The molecule has 3 aromatic rings. The van der Waals surface area contributed by atoms with Gasteiger partial charge in [-0.05, 0) is 36.8 Å². The summed E-state index contributed by atoms with van der Waals surface area (Å²) in [5.74, 6) is 0.758. The zero-order valence-electron chi connectivity index (χ0n) is 14.4. The van der Waals surface area contributed by atoms with Gasteiger partial charge in [0.05, 0.1) is 18.8 Å². The van der Waals surface area contributed by atoms with Gasteiger partial charge in [-0.3, -0.25) is 10.3 Å². The van der Waals surface area contributed by atoms with Gasteiger partial charge in [-0.25, -0.2) is 9.78 Å². The summed E-state index contributed by atoms with van der Waals surface area (Å²) in [6, 6.07) is 10.9. The van der Waals surface area contributed by atoms with E-state index in [2.05, 4.69) is 20.6 Å². The zero-order valence-corrected chi connectivity index (χ0v) is 16.2. The van der Waals surface area contributed by atoms with Crippen LogP contribution >= 0.6 is 24.8 Å². The van der Waals surface area contributed by atoms with Crippen LogP contribution in [0.3, 0.4) is 0 Å². The van der Waals surface area contributed by atoms with Gasteiger partial charge in [-0.1, -0.05) is 12.1 Å². The Bertz CT molecular complexity index is 855. The number of anilines is 1. The Balaban J connectivity index is 0.00000243. The van der Waals surface area contributed by atoms with E-state index >= 15 is 0 Å². The molecule has 26 heavy (non-hydrogen) atoms. The highest BCUT2D eigenvalue weighted by Crippen LogP contribution is 2.24. The van der Waals surface area contributed by atoms with Gasteiger partial charge in [0.1, 0.15) is 5.75 Å². The number of rotatable bonds is 5. The number of aromatic nitrogens is 2. The Morgan fingerprint density at radius 3 is 2.73 bits per heavy atom. The Labute approximate surface area is 163 Å². The molecular weight excluding hydrogens is 368 g/mol. The molecule has 1 aromatic carbocycles. The van der Waals surface area contributed by atoms with Crippen molar-refractivity contribution in [3.8, 4) is 17.0 Å². The molecule has 0 saturated heterocycles. The summed E-state index contributed by atoms with van der Waals surface area (Å²) >= 11 is 1.38. The third-order valence-corrected chi connectivity index (χ3v) is 4.40. The van der Waals surface area contributed by atoms with Crippen LogP contribution in [-0.2, 0) is 0 Å². The monoisotopic (exact) mass is 388 g/mol. The van der Waals surface area contributed by atoms with Crippen molar-refractivity contribution < 1.29 is 9.53 Å². The molecule has 2 aromatic heterocycles. The Hall–Kier alpha value is -2.58. The first-order valence-electron chi connectivity index (χ1n) is 7.73. The van der Waals surface area contributed by atoms with E-state index in [9.17, 15) is 4.79 Å².